The first kappa shape index (κ1) is 14.5. The lowest BCUT2D eigenvalue weighted by atomic mass is 9.86. The molecule has 0 amide bonds. The molecule has 0 radical (unpaired) electrons. The molecule has 1 aromatic rings. The number of rotatable bonds is 2. The summed E-state index contributed by atoms with van der Waals surface area (Å²) >= 11 is 3.38. The first-order valence-corrected chi connectivity index (χ1v) is 8.13. The van der Waals surface area contributed by atoms with Gasteiger partial charge in [0.05, 0.1) is 0 Å². The Morgan fingerprint density at radius 3 is 2.62 bits per heavy atom. The highest BCUT2D eigenvalue weighted by Gasteiger charge is 2.48. The molecule has 0 aromatic heterocycles. The zero-order chi connectivity index (χ0) is 14.9. The molecule has 1 atom stereocenters. The number of carbonyl (C=O) groups excluding carboxylic acids is 2. The second-order valence-electron chi connectivity index (χ2n) is 5.61. The zero-order valence-electron chi connectivity index (χ0n) is 11.7. The third-order valence-electron chi connectivity index (χ3n) is 4.19. The van der Waals surface area contributed by atoms with Gasteiger partial charge in [-0.2, -0.15) is 0 Å². The molecule has 0 unspecified atom stereocenters. The molecule has 2 aliphatic rings. The van der Waals surface area contributed by atoms with Crippen molar-refractivity contribution < 1.29 is 14.3 Å². The lowest BCUT2D eigenvalue weighted by Crippen LogP contribution is -2.42. The lowest BCUT2D eigenvalue weighted by Gasteiger charge is -2.30. The molecule has 0 aliphatic heterocycles. The van der Waals surface area contributed by atoms with E-state index in [4.69, 9.17) is 4.74 Å². The summed E-state index contributed by atoms with van der Waals surface area (Å²) in [6, 6.07) is 7.41. The van der Waals surface area contributed by atoms with E-state index in [1.54, 1.807) is 12.1 Å². The maximum atomic E-state index is 12.6. The summed E-state index contributed by atoms with van der Waals surface area (Å²) in [6.45, 7) is 0. The summed E-state index contributed by atoms with van der Waals surface area (Å²) < 4.78 is 4.23. The van der Waals surface area contributed by atoms with Crippen LogP contribution in [-0.2, 0) is 18.7 Å². The van der Waals surface area contributed by atoms with Gasteiger partial charge in [0.1, 0.15) is 6.10 Å². The minimum Gasteiger partial charge on any atom is -0.461 e. The van der Waals surface area contributed by atoms with Crippen LogP contribution in [0.2, 0.25) is 0 Å². The topological polar surface area (TPSA) is 43.4 Å². The van der Waals surface area contributed by atoms with Crippen LogP contribution in [0.4, 0.5) is 0 Å². The molecule has 1 fully saturated rings. The predicted octanol–water partition coefficient (Wildman–Crippen LogP) is 3.75. The number of ketones is 1. The van der Waals surface area contributed by atoms with E-state index in [2.05, 4.69) is 15.9 Å². The van der Waals surface area contributed by atoms with Gasteiger partial charge in [-0.05, 0) is 42.9 Å². The highest BCUT2D eigenvalue weighted by atomic mass is 79.9. The Hall–Kier alpha value is -1.42. The fourth-order valence-electron chi connectivity index (χ4n) is 3.00. The summed E-state index contributed by atoms with van der Waals surface area (Å²) in [5, 5.41) is 0. The van der Waals surface area contributed by atoms with Crippen molar-refractivity contribution in [3.05, 3.63) is 41.5 Å². The molecule has 1 saturated carbocycles. The Morgan fingerprint density at radius 1 is 1.14 bits per heavy atom. The van der Waals surface area contributed by atoms with E-state index < -0.39 is 10.3 Å². The molecule has 0 heterocycles. The number of hydrogen-bond donors (Lipinski definition) is 0. The number of alkyl halides is 1. The van der Waals surface area contributed by atoms with Gasteiger partial charge < -0.3 is 4.74 Å². The average molecular weight is 349 g/mol. The van der Waals surface area contributed by atoms with Crippen LogP contribution in [-0.4, -0.2) is 17.9 Å². The predicted molar refractivity (Wildman–Crippen MR) is 84.1 cm³/mol. The number of fused-ring (bicyclic) bond motifs is 1. The van der Waals surface area contributed by atoms with E-state index in [0.717, 1.165) is 31.2 Å². The molecule has 4 heteroatoms. The Balaban J connectivity index is 1.89. The van der Waals surface area contributed by atoms with E-state index >= 15 is 0 Å². The smallest absolute Gasteiger partial charge is 0.335 e. The van der Waals surface area contributed by atoms with Crippen molar-refractivity contribution in [1.29, 1.82) is 0 Å². The van der Waals surface area contributed by atoms with Crippen molar-refractivity contribution in [3.8, 4) is 0 Å². The molecule has 3 rings (SSSR count). The normalized spacial score (nSPS) is 25.5. The minimum absolute atomic E-state index is 0.0634. The van der Waals surface area contributed by atoms with Crippen LogP contribution >= 0.6 is 15.9 Å². The summed E-state index contributed by atoms with van der Waals surface area (Å²) in [4.78, 5) is 25.0. The van der Waals surface area contributed by atoms with E-state index in [0.29, 0.717) is 5.56 Å². The number of ether oxygens (including phenoxy) is 1. The van der Waals surface area contributed by atoms with Crippen LogP contribution < -0.4 is 0 Å². The van der Waals surface area contributed by atoms with Crippen molar-refractivity contribution in [2.45, 2.75) is 42.5 Å². The summed E-state index contributed by atoms with van der Waals surface area (Å²) in [5.41, 5.74) is 1.54. The molecule has 1 aromatic carbocycles. The van der Waals surface area contributed by atoms with Crippen LogP contribution in [0.1, 0.15) is 43.2 Å². The van der Waals surface area contributed by atoms with Gasteiger partial charge in [-0.15, -0.1) is 0 Å². The lowest BCUT2D eigenvalue weighted by molar-refractivity contribution is -0.155. The largest absolute Gasteiger partial charge is 0.461 e. The first-order valence-electron chi connectivity index (χ1n) is 7.34. The summed E-state index contributed by atoms with van der Waals surface area (Å²) in [7, 11) is 0. The number of allylic oxidation sites excluding steroid dienone is 1. The van der Waals surface area contributed by atoms with Crippen molar-refractivity contribution in [2.24, 2.45) is 0 Å². The van der Waals surface area contributed by atoms with E-state index in [1.807, 2.05) is 18.2 Å². The van der Waals surface area contributed by atoms with Crippen LogP contribution in [0.15, 0.2) is 30.3 Å². The molecule has 0 spiro atoms. The number of carbonyl (C=O) groups is 2. The fourth-order valence-corrected chi connectivity index (χ4v) is 3.58. The number of halogens is 1. The SMILES string of the molecule is O=C1C=Cc2ccccc2[C@]1(Br)C(=O)OC1CCCCC1. The van der Waals surface area contributed by atoms with Crippen molar-refractivity contribution in [1.82, 2.24) is 0 Å². The molecular formula is C17H17BrO3. The van der Waals surface area contributed by atoms with E-state index in [1.165, 1.54) is 12.5 Å². The van der Waals surface area contributed by atoms with E-state index in [-0.39, 0.29) is 11.9 Å². The zero-order valence-corrected chi connectivity index (χ0v) is 13.3. The molecule has 0 N–H and O–H groups in total. The third-order valence-corrected chi connectivity index (χ3v) is 5.33. The van der Waals surface area contributed by atoms with Crippen molar-refractivity contribution in [2.75, 3.05) is 0 Å². The minimum atomic E-state index is -1.39. The third kappa shape index (κ3) is 2.57. The van der Waals surface area contributed by atoms with Crippen molar-refractivity contribution in [3.63, 3.8) is 0 Å². The number of benzene rings is 1. The fraction of sp³-hybridized carbons (Fsp3) is 0.412. The molecule has 2 aliphatic carbocycles. The van der Waals surface area contributed by atoms with Gasteiger partial charge in [0.2, 0.25) is 4.32 Å². The van der Waals surface area contributed by atoms with Crippen LogP contribution in [0.25, 0.3) is 6.08 Å². The second-order valence-corrected chi connectivity index (χ2v) is 6.80. The maximum absolute atomic E-state index is 12.6. The van der Waals surface area contributed by atoms with Crippen molar-refractivity contribution >= 4 is 33.8 Å². The average Bonchev–Trinajstić information content (AvgIpc) is 2.52. The molecule has 21 heavy (non-hydrogen) atoms. The van der Waals surface area contributed by atoms with Gasteiger partial charge >= 0.3 is 5.97 Å². The van der Waals surface area contributed by atoms with Crippen LogP contribution in [0.5, 0.6) is 0 Å². The maximum Gasteiger partial charge on any atom is 0.335 e. The highest BCUT2D eigenvalue weighted by molar-refractivity contribution is 9.10. The molecule has 110 valence electrons. The Kier molecular flexibility index (Phi) is 3.98. The summed E-state index contributed by atoms with van der Waals surface area (Å²) in [6.07, 6.45) is 8.25. The standard InChI is InChI=1S/C17H17BrO3/c18-17(16(20)21-13-7-2-1-3-8-13)14-9-5-4-6-12(14)10-11-15(17)19/h4-6,9-11,13H,1-3,7-8H2/t17-/m1/s1. The number of esters is 1. The van der Waals surface area contributed by atoms with Crippen LogP contribution in [0, 0.1) is 0 Å². The molecular weight excluding hydrogens is 332 g/mol. The Bertz CT molecular complexity index is 602. The highest BCUT2D eigenvalue weighted by Crippen LogP contribution is 2.40. The Labute approximate surface area is 132 Å². The van der Waals surface area contributed by atoms with Gasteiger partial charge in [-0.1, -0.05) is 52.7 Å². The van der Waals surface area contributed by atoms with E-state index in [9.17, 15) is 9.59 Å². The molecule has 0 saturated heterocycles. The quantitative estimate of drug-likeness (QED) is 0.464. The molecule has 3 nitrogen and oxygen atoms in total. The second kappa shape index (κ2) is 5.76. The monoisotopic (exact) mass is 348 g/mol. The van der Waals surface area contributed by atoms with Gasteiger partial charge in [-0.3, -0.25) is 4.79 Å². The van der Waals surface area contributed by atoms with Gasteiger partial charge in [-0.25, -0.2) is 4.79 Å². The summed E-state index contributed by atoms with van der Waals surface area (Å²) in [5.74, 6) is -0.766. The van der Waals surface area contributed by atoms with Gasteiger partial charge in [0, 0.05) is 0 Å². The Morgan fingerprint density at radius 2 is 1.86 bits per heavy atom. The van der Waals surface area contributed by atoms with Gasteiger partial charge in [0.15, 0.2) is 5.78 Å². The molecule has 0 bridgehead atoms. The first-order chi connectivity index (χ1) is 10.1. The van der Waals surface area contributed by atoms with Gasteiger partial charge in [0.25, 0.3) is 0 Å². The van der Waals surface area contributed by atoms with Crippen LogP contribution in [0.3, 0.4) is 0 Å². The number of hydrogen-bond acceptors (Lipinski definition) is 3.